The molecule has 1 rings (SSSR count). The van der Waals surface area contributed by atoms with Crippen LogP contribution in [0.1, 0.15) is 12.1 Å². The lowest BCUT2D eigenvalue weighted by Gasteiger charge is -1.98. The first-order valence-corrected chi connectivity index (χ1v) is 4.79. The first kappa shape index (κ1) is 14.6. The summed E-state index contributed by atoms with van der Waals surface area (Å²) in [5, 5.41) is 0. The van der Waals surface area contributed by atoms with E-state index in [1.807, 2.05) is 18.2 Å². The number of halogens is 1. The minimum atomic E-state index is -0.367. The van der Waals surface area contributed by atoms with Gasteiger partial charge in [0, 0.05) is 12.3 Å². The largest absolute Gasteiger partial charge is 0.462 e. The van der Waals surface area contributed by atoms with E-state index in [0.29, 0.717) is 19.6 Å². The van der Waals surface area contributed by atoms with Gasteiger partial charge in [0.2, 0.25) is 0 Å². The molecule has 0 aliphatic carbocycles. The second kappa shape index (κ2) is 8.88. The maximum Gasteiger partial charge on any atom is 0.330 e. The van der Waals surface area contributed by atoms with Gasteiger partial charge in [0.1, 0.15) is 0 Å². The Morgan fingerprint density at radius 3 is 2.94 bits per heavy atom. The maximum atomic E-state index is 11.1. The number of pyridine rings is 1. The molecule has 4 nitrogen and oxygen atoms in total. The van der Waals surface area contributed by atoms with Crippen molar-refractivity contribution in [1.82, 2.24) is 4.98 Å². The van der Waals surface area contributed by atoms with Crippen molar-refractivity contribution < 1.29 is 9.53 Å². The van der Waals surface area contributed by atoms with E-state index in [4.69, 9.17) is 10.5 Å². The van der Waals surface area contributed by atoms with Gasteiger partial charge in [0.25, 0.3) is 0 Å². The third-order valence-corrected chi connectivity index (χ3v) is 1.67. The van der Waals surface area contributed by atoms with Crippen LogP contribution in [0, 0.1) is 0 Å². The molecule has 0 aliphatic rings. The summed E-state index contributed by atoms with van der Waals surface area (Å²) in [5.41, 5.74) is 5.99. The number of nitrogens with zero attached hydrogens (tertiary/aromatic N) is 1. The van der Waals surface area contributed by atoms with Gasteiger partial charge in [-0.25, -0.2) is 4.79 Å². The van der Waals surface area contributed by atoms with Crippen molar-refractivity contribution in [2.45, 2.75) is 6.42 Å². The van der Waals surface area contributed by atoms with Crippen LogP contribution in [0.2, 0.25) is 0 Å². The van der Waals surface area contributed by atoms with Gasteiger partial charge < -0.3 is 10.5 Å². The molecule has 0 amide bonds. The Labute approximate surface area is 101 Å². The molecule has 88 valence electrons. The summed E-state index contributed by atoms with van der Waals surface area (Å²) in [5.74, 6) is -0.367. The Balaban J connectivity index is 0.00000225. The Kier molecular flexibility index (Phi) is 8.11. The molecule has 0 atom stereocenters. The molecule has 0 bridgehead atoms. The summed E-state index contributed by atoms with van der Waals surface area (Å²) in [6, 6.07) is 5.48. The molecule has 1 aromatic rings. The fraction of sp³-hybridized carbons (Fsp3) is 0.273. The Morgan fingerprint density at radius 1 is 1.50 bits per heavy atom. The number of ether oxygens (including phenoxy) is 1. The highest BCUT2D eigenvalue weighted by molar-refractivity contribution is 5.86. The van der Waals surface area contributed by atoms with E-state index in [1.54, 1.807) is 12.3 Å². The molecular weight excluding hydrogens is 228 g/mol. The highest BCUT2D eigenvalue weighted by atomic mass is 35.5. The van der Waals surface area contributed by atoms with Gasteiger partial charge in [-0.05, 0) is 31.2 Å². The van der Waals surface area contributed by atoms with Crippen LogP contribution in [-0.4, -0.2) is 24.1 Å². The van der Waals surface area contributed by atoms with Crippen LogP contribution in [0.15, 0.2) is 30.5 Å². The van der Waals surface area contributed by atoms with Gasteiger partial charge in [-0.3, -0.25) is 4.98 Å². The minimum absolute atomic E-state index is 0. The van der Waals surface area contributed by atoms with E-state index < -0.39 is 0 Å². The van der Waals surface area contributed by atoms with E-state index in [2.05, 4.69) is 4.98 Å². The molecule has 0 spiro atoms. The van der Waals surface area contributed by atoms with Crippen molar-refractivity contribution >= 4 is 24.5 Å². The molecular formula is C11H15ClN2O2. The minimum Gasteiger partial charge on any atom is -0.462 e. The van der Waals surface area contributed by atoms with Crippen LogP contribution in [0.3, 0.4) is 0 Å². The first-order valence-electron chi connectivity index (χ1n) is 4.79. The van der Waals surface area contributed by atoms with Crippen molar-refractivity contribution in [2.75, 3.05) is 13.2 Å². The molecule has 0 aliphatic heterocycles. The Morgan fingerprint density at radius 2 is 2.31 bits per heavy atom. The fourth-order valence-electron chi connectivity index (χ4n) is 0.932. The molecule has 0 fully saturated rings. The number of rotatable bonds is 5. The normalized spacial score (nSPS) is 9.81. The summed E-state index contributed by atoms with van der Waals surface area (Å²) < 4.78 is 4.87. The average molecular weight is 243 g/mol. The van der Waals surface area contributed by atoms with E-state index >= 15 is 0 Å². The molecule has 1 heterocycles. The Hall–Kier alpha value is -1.39. The van der Waals surface area contributed by atoms with Crippen LogP contribution in [0.5, 0.6) is 0 Å². The highest BCUT2D eigenvalue weighted by Gasteiger charge is 1.95. The summed E-state index contributed by atoms with van der Waals surface area (Å²) in [6.07, 6.45) is 5.33. The van der Waals surface area contributed by atoms with Crippen molar-refractivity contribution in [3.63, 3.8) is 0 Å². The lowest BCUT2D eigenvalue weighted by Crippen LogP contribution is -2.07. The summed E-state index contributed by atoms with van der Waals surface area (Å²) in [7, 11) is 0. The first-order chi connectivity index (χ1) is 7.33. The lowest BCUT2D eigenvalue weighted by molar-refractivity contribution is -0.137. The predicted octanol–water partition coefficient (Wildman–Crippen LogP) is 1.41. The maximum absolute atomic E-state index is 11.1. The van der Waals surface area contributed by atoms with Gasteiger partial charge in [0.15, 0.2) is 0 Å². The van der Waals surface area contributed by atoms with Gasteiger partial charge in [-0.15, -0.1) is 12.4 Å². The third-order valence-electron chi connectivity index (χ3n) is 1.67. The molecule has 0 aromatic carbocycles. The average Bonchev–Trinajstić information content (AvgIpc) is 2.28. The van der Waals surface area contributed by atoms with Crippen LogP contribution in [0.25, 0.3) is 6.08 Å². The monoisotopic (exact) mass is 242 g/mol. The quantitative estimate of drug-likeness (QED) is 0.482. The lowest BCUT2D eigenvalue weighted by atomic mass is 10.3. The SMILES string of the molecule is Cl.NCCCOC(=O)/C=C/c1ccccn1. The molecule has 16 heavy (non-hydrogen) atoms. The summed E-state index contributed by atoms with van der Waals surface area (Å²) in [4.78, 5) is 15.1. The standard InChI is InChI=1S/C11H14N2O2.ClH/c12-7-3-9-15-11(14)6-5-10-4-1-2-8-13-10;/h1-2,4-6,8H,3,7,9,12H2;1H/b6-5+;. The summed E-state index contributed by atoms with van der Waals surface area (Å²) >= 11 is 0. The third kappa shape index (κ3) is 6.16. The Bertz CT molecular complexity index is 328. The van der Waals surface area contributed by atoms with Gasteiger partial charge in [-0.2, -0.15) is 0 Å². The number of esters is 1. The van der Waals surface area contributed by atoms with Crippen LogP contribution >= 0.6 is 12.4 Å². The predicted molar refractivity (Wildman–Crippen MR) is 65.1 cm³/mol. The van der Waals surface area contributed by atoms with Crippen molar-refractivity contribution in [3.8, 4) is 0 Å². The van der Waals surface area contributed by atoms with E-state index in [1.165, 1.54) is 6.08 Å². The smallest absolute Gasteiger partial charge is 0.330 e. The second-order valence-electron chi connectivity index (χ2n) is 2.90. The number of hydrogen-bond acceptors (Lipinski definition) is 4. The zero-order chi connectivity index (χ0) is 10.9. The van der Waals surface area contributed by atoms with Crippen molar-refractivity contribution in [1.29, 1.82) is 0 Å². The molecule has 0 radical (unpaired) electrons. The van der Waals surface area contributed by atoms with Crippen molar-refractivity contribution in [2.24, 2.45) is 5.73 Å². The molecule has 0 saturated carbocycles. The van der Waals surface area contributed by atoms with Crippen LogP contribution in [-0.2, 0) is 9.53 Å². The fourth-order valence-corrected chi connectivity index (χ4v) is 0.932. The van der Waals surface area contributed by atoms with E-state index in [0.717, 1.165) is 5.69 Å². The van der Waals surface area contributed by atoms with Gasteiger partial charge in [-0.1, -0.05) is 6.07 Å². The molecule has 5 heteroatoms. The van der Waals surface area contributed by atoms with Crippen LogP contribution < -0.4 is 5.73 Å². The second-order valence-corrected chi connectivity index (χ2v) is 2.90. The number of carbonyl (C=O) groups is 1. The molecule has 1 aromatic heterocycles. The zero-order valence-corrected chi connectivity index (χ0v) is 9.65. The van der Waals surface area contributed by atoms with Gasteiger partial charge >= 0.3 is 5.97 Å². The van der Waals surface area contributed by atoms with Crippen molar-refractivity contribution in [3.05, 3.63) is 36.2 Å². The van der Waals surface area contributed by atoms with Crippen LogP contribution in [0.4, 0.5) is 0 Å². The molecule has 0 saturated heterocycles. The molecule has 2 N–H and O–H groups in total. The number of carbonyl (C=O) groups excluding carboxylic acids is 1. The zero-order valence-electron chi connectivity index (χ0n) is 8.83. The number of aromatic nitrogens is 1. The molecule has 0 unspecified atom stereocenters. The topological polar surface area (TPSA) is 65.2 Å². The summed E-state index contributed by atoms with van der Waals surface area (Å²) in [6.45, 7) is 0.888. The van der Waals surface area contributed by atoms with E-state index in [9.17, 15) is 4.79 Å². The van der Waals surface area contributed by atoms with Gasteiger partial charge in [0.05, 0.1) is 12.3 Å². The number of nitrogens with two attached hydrogens (primary N) is 1. The highest BCUT2D eigenvalue weighted by Crippen LogP contribution is 1.96. The van der Waals surface area contributed by atoms with E-state index in [-0.39, 0.29) is 18.4 Å². The number of hydrogen-bond donors (Lipinski definition) is 1.